The minimum atomic E-state index is -0.260. The van der Waals surface area contributed by atoms with Crippen LogP contribution < -0.4 is 15.0 Å². The Bertz CT molecular complexity index is 868. The van der Waals surface area contributed by atoms with Crippen LogP contribution in [-0.4, -0.2) is 32.0 Å². The molecule has 0 bridgehead atoms. The van der Waals surface area contributed by atoms with Crippen molar-refractivity contribution in [1.29, 1.82) is 0 Å². The second kappa shape index (κ2) is 9.44. The van der Waals surface area contributed by atoms with Crippen LogP contribution in [0.15, 0.2) is 42.5 Å². The number of ether oxygens (including phenoxy) is 1. The molecule has 0 unspecified atom stereocenters. The highest BCUT2D eigenvalue weighted by Gasteiger charge is 2.19. The summed E-state index contributed by atoms with van der Waals surface area (Å²) < 4.78 is 5.69. The summed E-state index contributed by atoms with van der Waals surface area (Å²) in [6.45, 7) is 4.19. The van der Waals surface area contributed by atoms with Crippen molar-refractivity contribution < 1.29 is 14.3 Å². The Kier molecular flexibility index (Phi) is 7.01. The number of anilines is 1. The summed E-state index contributed by atoms with van der Waals surface area (Å²) in [5, 5.41) is 2.54. The SMILES string of the molecule is C#Cc1cccc(N(CC(=O)NC)C(=O)CCOc2ccc(C)c(C)c2)c1. The minimum Gasteiger partial charge on any atom is -0.493 e. The second-order valence-corrected chi connectivity index (χ2v) is 6.19. The number of likely N-dealkylation sites (N-methyl/N-ethyl adjacent to an activating group) is 1. The molecular weight excluding hydrogens is 340 g/mol. The smallest absolute Gasteiger partial charge is 0.239 e. The molecule has 5 heteroatoms. The average Bonchev–Trinajstić information content (AvgIpc) is 2.68. The summed E-state index contributed by atoms with van der Waals surface area (Å²) in [5.74, 6) is 2.79. The molecule has 0 saturated carbocycles. The van der Waals surface area contributed by atoms with Crippen LogP contribution >= 0.6 is 0 Å². The van der Waals surface area contributed by atoms with Crippen LogP contribution in [0.1, 0.15) is 23.1 Å². The van der Waals surface area contributed by atoms with Gasteiger partial charge in [0.05, 0.1) is 13.0 Å². The Morgan fingerprint density at radius 1 is 1.15 bits per heavy atom. The monoisotopic (exact) mass is 364 g/mol. The van der Waals surface area contributed by atoms with E-state index in [4.69, 9.17) is 11.2 Å². The molecule has 1 N–H and O–H groups in total. The fourth-order valence-corrected chi connectivity index (χ4v) is 2.50. The Morgan fingerprint density at radius 2 is 1.93 bits per heavy atom. The first-order valence-corrected chi connectivity index (χ1v) is 8.72. The molecule has 2 rings (SSSR count). The first-order chi connectivity index (χ1) is 12.9. The van der Waals surface area contributed by atoms with Crippen molar-refractivity contribution in [2.75, 3.05) is 25.1 Å². The summed E-state index contributed by atoms with van der Waals surface area (Å²) in [5.41, 5.74) is 3.55. The average molecular weight is 364 g/mol. The third-order valence-corrected chi connectivity index (χ3v) is 4.27. The van der Waals surface area contributed by atoms with Gasteiger partial charge in [0.15, 0.2) is 0 Å². The molecule has 0 aromatic heterocycles. The predicted molar refractivity (Wildman–Crippen MR) is 107 cm³/mol. The zero-order chi connectivity index (χ0) is 19.8. The number of aryl methyl sites for hydroxylation is 2. The third-order valence-electron chi connectivity index (χ3n) is 4.27. The van der Waals surface area contributed by atoms with E-state index in [9.17, 15) is 9.59 Å². The van der Waals surface area contributed by atoms with Crippen molar-refractivity contribution in [2.24, 2.45) is 0 Å². The number of carbonyl (C=O) groups excluding carboxylic acids is 2. The van der Waals surface area contributed by atoms with Crippen molar-refractivity contribution in [3.05, 3.63) is 59.2 Å². The first kappa shape index (κ1) is 20.1. The van der Waals surface area contributed by atoms with E-state index in [1.54, 1.807) is 24.3 Å². The Hall–Kier alpha value is -3.26. The fourth-order valence-electron chi connectivity index (χ4n) is 2.50. The van der Waals surface area contributed by atoms with Crippen LogP contribution in [0.25, 0.3) is 0 Å². The van der Waals surface area contributed by atoms with Gasteiger partial charge in [0.2, 0.25) is 11.8 Å². The van der Waals surface area contributed by atoms with E-state index in [1.807, 2.05) is 32.0 Å². The molecule has 2 amide bonds. The van der Waals surface area contributed by atoms with Gasteiger partial charge in [-0.15, -0.1) is 6.42 Å². The van der Waals surface area contributed by atoms with Gasteiger partial charge in [0.25, 0.3) is 0 Å². The molecule has 2 aromatic rings. The lowest BCUT2D eigenvalue weighted by Crippen LogP contribution is -2.40. The van der Waals surface area contributed by atoms with Gasteiger partial charge in [-0.2, -0.15) is 0 Å². The summed E-state index contributed by atoms with van der Waals surface area (Å²) in [4.78, 5) is 26.0. The quantitative estimate of drug-likeness (QED) is 0.769. The predicted octanol–water partition coefficient (Wildman–Crippen LogP) is 2.83. The number of benzene rings is 2. The Morgan fingerprint density at radius 3 is 2.59 bits per heavy atom. The van der Waals surface area contributed by atoms with E-state index in [-0.39, 0.29) is 31.4 Å². The topological polar surface area (TPSA) is 58.6 Å². The lowest BCUT2D eigenvalue weighted by Gasteiger charge is -2.22. The van der Waals surface area contributed by atoms with E-state index in [0.717, 1.165) is 11.3 Å². The van der Waals surface area contributed by atoms with Crippen LogP contribution in [0.4, 0.5) is 5.69 Å². The molecule has 0 heterocycles. The van der Waals surface area contributed by atoms with Crippen LogP contribution in [-0.2, 0) is 9.59 Å². The molecule has 0 aliphatic rings. The molecule has 140 valence electrons. The molecule has 27 heavy (non-hydrogen) atoms. The van der Waals surface area contributed by atoms with Gasteiger partial charge in [0.1, 0.15) is 12.3 Å². The molecule has 0 saturated heterocycles. The molecule has 0 fully saturated rings. The molecule has 0 spiro atoms. The van der Waals surface area contributed by atoms with E-state index < -0.39 is 0 Å². The summed E-state index contributed by atoms with van der Waals surface area (Å²) in [7, 11) is 1.53. The molecule has 2 aromatic carbocycles. The van der Waals surface area contributed by atoms with Crippen molar-refractivity contribution in [3.8, 4) is 18.1 Å². The number of carbonyl (C=O) groups is 2. The fraction of sp³-hybridized carbons (Fsp3) is 0.273. The number of amides is 2. The number of rotatable bonds is 7. The molecular formula is C22H24N2O3. The Balaban J connectivity index is 2.07. The standard InChI is InChI=1S/C22H24N2O3/c1-5-18-7-6-8-19(14-18)24(15-21(25)23-4)22(26)11-12-27-20-10-9-16(2)17(3)13-20/h1,6-10,13-14H,11-12,15H2,2-4H3,(H,23,25). The lowest BCUT2D eigenvalue weighted by molar-refractivity contribution is -0.123. The highest BCUT2D eigenvalue weighted by Crippen LogP contribution is 2.19. The number of nitrogens with zero attached hydrogens (tertiary/aromatic N) is 1. The van der Waals surface area contributed by atoms with Crippen LogP contribution in [0.3, 0.4) is 0 Å². The number of terminal acetylenes is 1. The largest absolute Gasteiger partial charge is 0.493 e. The van der Waals surface area contributed by atoms with Gasteiger partial charge in [-0.05, 0) is 55.3 Å². The van der Waals surface area contributed by atoms with Crippen molar-refractivity contribution >= 4 is 17.5 Å². The minimum absolute atomic E-state index is 0.0764. The number of hydrogen-bond acceptors (Lipinski definition) is 3. The van der Waals surface area contributed by atoms with E-state index >= 15 is 0 Å². The summed E-state index contributed by atoms with van der Waals surface area (Å²) >= 11 is 0. The van der Waals surface area contributed by atoms with Crippen LogP contribution in [0.5, 0.6) is 5.75 Å². The van der Waals surface area contributed by atoms with E-state index in [0.29, 0.717) is 11.3 Å². The highest BCUT2D eigenvalue weighted by molar-refractivity contribution is 5.98. The van der Waals surface area contributed by atoms with Gasteiger partial charge >= 0.3 is 0 Å². The van der Waals surface area contributed by atoms with Crippen molar-refractivity contribution in [2.45, 2.75) is 20.3 Å². The highest BCUT2D eigenvalue weighted by atomic mass is 16.5. The van der Waals surface area contributed by atoms with Gasteiger partial charge < -0.3 is 15.0 Å². The van der Waals surface area contributed by atoms with Gasteiger partial charge in [-0.3, -0.25) is 9.59 Å². The summed E-state index contributed by atoms with van der Waals surface area (Å²) in [6, 6.07) is 12.8. The van der Waals surface area contributed by atoms with Crippen LogP contribution in [0, 0.1) is 26.2 Å². The van der Waals surface area contributed by atoms with Crippen LogP contribution in [0.2, 0.25) is 0 Å². The molecule has 0 aliphatic carbocycles. The zero-order valence-corrected chi connectivity index (χ0v) is 15.9. The maximum atomic E-state index is 12.7. The van der Waals surface area contributed by atoms with Gasteiger partial charge in [-0.25, -0.2) is 0 Å². The molecule has 0 aliphatic heterocycles. The van der Waals surface area contributed by atoms with Gasteiger partial charge in [0, 0.05) is 18.3 Å². The third kappa shape index (κ3) is 5.61. The second-order valence-electron chi connectivity index (χ2n) is 6.19. The normalized spacial score (nSPS) is 10.0. The Labute approximate surface area is 160 Å². The number of nitrogens with one attached hydrogen (secondary N) is 1. The summed E-state index contributed by atoms with van der Waals surface area (Å²) in [6.07, 6.45) is 5.58. The van der Waals surface area contributed by atoms with E-state index in [1.165, 1.54) is 17.5 Å². The molecule has 0 radical (unpaired) electrons. The first-order valence-electron chi connectivity index (χ1n) is 8.72. The zero-order valence-electron chi connectivity index (χ0n) is 15.9. The maximum Gasteiger partial charge on any atom is 0.239 e. The van der Waals surface area contributed by atoms with E-state index in [2.05, 4.69) is 11.2 Å². The maximum absolute atomic E-state index is 12.7. The molecule has 0 atom stereocenters. The van der Waals surface area contributed by atoms with Gasteiger partial charge in [-0.1, -0.05) is 18.1 Å². The number of hydrogen-bond donors (Lipinski definition) is 1. The van der Waals surface area contributed by atoms with Crippen molar-refractivity contribution in [1.82, 2.24) is 5.32 Å². The van der Waals surface area contributed by atoms with Crippen molar-refractivity contribution in [3.63, 3.8) is 0 Å². The molecule has 5 nitrogen and oxygen atoms in total. The lowest BCUT2D eigenvalue weighted by atomic mass is 10.1.